The number of alkyl halides is 3. The number of Topliss-reactive ketones (excluding diaryl/α,β-unsaturated/α-hetero) is 1. The Kier molecular flexibility index (Phi) is 3.86. The van der Waals surface area contributed by atoms with Gasteiger partial charge in [-0.3, -0.25) is 15.0 Å². The molecule has 0 fully saturated rings. The third-order valence-corrected chi connectivity index (χ3v) is 1.01. The Morgan fingerprint density at radius 2 is 1.85 bits per heavy atom. The zero-order chi connectivity index (χ0) is 10.6. The molecule has 0 spiro atoms. The summed E-state index contributed by atoms with van der Waals surface area (Å²) < 4.78 is 34.9. The largest absolute Gasteiger partial charge is 0.472 e. The van der Waals surface area contributed by atoms with Crippen molar-refractivity contribution in [3.05, 3.63) is 0 Å². The molecule has 0 rings (SSSR count). The Bertz CT molecular complexity index is 214. The second-order valence-corrected chi connectivity index (χ2v) is 2.50. The van der Waals surface area contributed by atoms with E-state index in [1.807, 2.05) is 0 Å². The lowest BCUT2D eigenvalue weighted by Crippen LogP contribution is -2.47. The molecule has 0 atom stereocenters. The molecule has 0 aromatic heterocycles. The summed E-state index contributed by atoms with van der Waals surface area (Å²) in [4.78, 5) is 20.7. The number of nitrogens with zero attached hydrogens (tertiary/aromatic N) is 1. The zero-order valence-corrected chi connectivity index (χ0v) is 7.10. The van der Waals surface area contributed by atoms with Crippen molar-refractivity contribution < 1.29 is 22.8 Å². The zero-order valence-electron chi connectivity index (χ0n) is 7.10. The Labute approximate surface area is 72.7 Å². The van der Waals surface area contributed by atoms with Crippen LogP contribution in [-0.4, -0.2) is 36.5 Å². The third-order valence-electron chi connectivity index (χ3n) is 1.01. The molecule has 1 amide bonds. The van der Waals surface area contributed by atoms with Crippen LogP contribution in [0.25, 0.3) is 0 Å². The number of hydrogen-bond acceptors (Lipinski definition) is 3. The molecular formula is C6H9F3N2O2. The lowest BCUT2D eigenvalue weighted by atomic mass is 10.4. The maximum absolute atomic E-state index is 11.6. The van der Waals surface area contributed by atoms with E-state index in [0.29, 0.717) is 0 Å². The van der Waals surface area contributed by atoms with Gasteiger partial charge < -0.3 is 0 Å². The third kappa shape index (κ3) is 5.18. The van der Waals surface area contributed by atoms with E-state index in [2.05, 4.69) is 0 Å². The van der Waals surface area contributed by atoms with Crippen molar-refractivity contribution in [1.29, 1.82) is 0 Å². The number of carbonyl (C=O) groups excluding carboxylic acids is 2. The van der Waals surface area contributed by atoms with Gasteiger partial charge in [0, 0.05) is 7.05 Å². The van der Waals surface area contributed by atoms with Crippen LogP contribution in [0.3, 0.4) is 0 Å². The van der Waals surface area contributed by atoms with Crippen molar-refractivity contribution in [2.75, 3.05) is 13.6 Å². The molecule has 1 N–H and O–H groups in total. The molecule has 0 bridgehead atoms. The average molecular weight is 198 g/mol. The molecule has 0 saturated heterocycles. The number of rotatable bonds is 3. The SMILES string of the molecule is CC(=O)CN(C)NC(=O)C(F)(F)F. The van der Waals surface area contributed by atoms with Gasteiger partial charge in [0.2, 0.25) is 0 Å². The average Bonchev–Trinajstić information content (AvgIpc) is 1.82. The quantitative estimate of drug-likeness (QED) is 0.654. The number of amides is 1. The summed E-state index contributed by atoms with van der Waals surface area (Å²) in [5, 5.41) is 0.776. The number of nitrogens with one attached hydrogen (secondary N) is 1. The van der Waals surface area contributed by atoms with Crippen LogP contribution in [0.5, 0.6) is 0 Å². The first-order chi connectivity index (χ1) is 5.73. The van der Waals surface area contributed by atoms with E-state index in [9.17, 15) is 22.8 Å². The van der Waals surface area contributed by atoms with Crippen molar-refractivity contribution in [3.63, 3.8) is 0 Å². The molecule has 0 heterocycles. The van der Waals surface area contributed by atoms with E-state index in [-0.39, 0.29) is 12.3 Å². The van der Waals surface area contributed by atoms with Crippen molar-refractivity contribution in [1.82, 2.24) is 10.4 Å². The van der Waals surface area contributed by atoms with Crippen LogP contribution in [0.1, 0.15) is 6.92 Å². The van der Waals surface area contributed by atoms with Gasteiger partial charge in [-0.15, -0.1) is 0 Å². The number of ketones is 1. The number of halogens is 3. The van der Waals surface area contributed by atoms with Gasteiger partial charge in [-0.05, 0) is 6.92 Å². The minimum atomic E-state index is -4.93. The van der Waals surface area contributed by atoms with Crippen LogP contribution in [0.15, 0.2) is 0 Å². The summed E-state index contributed by atoms with van der Waals surface area (Å²) in [5.41, 5.74) is 1.50. The van der Waals surface area contributed by atoms with Crippen LogP contribution in [0, 0.1) is 0 Å². The van der Waals surface area contributed by atoms with Gasteiger partial charge in [-0.25, -0.2) is 5.01 Å². The van der Waals surface area contributed by atoms with E-state index in [0.717, 1.165) is 5.01 Å². The molecule has 0 aliphatic heterocycles. The summed E-state index contributed by atoms with van der Waals surface area (Å²) in [6.07, 6.45) is -4.93. The number of hydrazine groups is 1. The Morgan fingerprint density at radius 3 is 2.15 bits per heavy atom. The second-order valence-electron chi connectivity index (χ2n) is 2.50. The summed E-state index contributed by atoms with van der Waals surface area (Å²) in [6.45, 7) is 0.943. The van der Waals surface area contributed by atoms with Crippen LogP contribution in [0.4, 0.5) is 13.2 Å². The molecule has 0 radical (unpaired) electrons. The monoisotopic (exact) mass is 198 g/mol. The van der Waals surface area contributed by atoms with E-state index in [1.54, 1.807) is 0 Å². The standard InChI is InChI=1S/C6H9F3N2O2/c1-4(12)3-11(2)10-5(13)6(7,8)9/h3H2,1-2H3,(H,10,13). The fourth-order valence-corrected chi connectivity index (χ4v) is 0.610. The molecule has 0 aromatic carbocycles. The molecule has 4 nitrogen and oxygen atoms in total. The van der Waals surface area contributed by atoms with Gasteiger partial charge in [-0.2, -0.15) is 13.2 Å². The van der Waals surface area contributed by atoms with Gasteiger partial charge in [0.1, 0.15) is 5.78 Å². The highest BCUT2D eigenvalue weighted by Gasteiger charge is 2.39. The molecule has 0 unspecified atom stereocenters. The second kappa shape index (κ2) is 4.22. The minimum absolute atomic E-state index is 0.262. The highest BCUT2D eigenvalue weighted by molar-refractivity contribution is 5.82. The summed E-state index contributed by atoms with van der Waals surface area (Å²) in [7, 11) is 1.17. The van der Waals surface area contributed by atoms with Crippen LogP contribution in [-0.2, 0) is 9.59 Å². The molecule has 76 valence electrons. The molecule has 13 heavy (non-hydrogen) atoms. The summed E-state index contributed by atoms with van der Waals surface area (Å²) >= 11 is 0. The first-order valence-corrected chi connectivity index (χ1v) is 3.32. The molecule has 0 saturated carbocycles. The fourth-order valence-electron chi connectivity index (χ4n) is 0.610. The van der Waals surface area contributed by atoms with Crippen molar-refractivity contribution in [3.8, 4) is 0 Å². The van der Waals surface area contributed by atoms with Gasteiger partial charge in [0.05, 0.1) is 6.54 Å². The van der Waals surface area contributed by atoms with Crippen molar-refractivity contribution >= 4 is 11.7 Å². The van der Waals surface area contributed by atoms with Crippen LogP contribution >= 0.6 is 0 Å². The molecule has 0 aromatic rings. The lowest BCUT2D eigenvalue weighted by Gasteiger charge is -2.16. The summed E-state index contributed by atoms with van der Waals surface area (Å²) in [6, 6.07) is 0. The normalized spacial score (nSPS) is 11.5. The number of hydrogen-bond donors (Lipinski definition) is 1. The first-order valence-electron chi connectivity index (χ1n) is 3.32. The van der Waals surface area contributed by atoms with Gasteiger partial charge in [-0.1, -0.05) is 0 Å². The topological polar surface area (TPSA) is 49.4 Å². The first kappa shape index (κ1) is 11.9. The smallest absolute Gasteiger partial charge is 0.298 e. The fraction of sp³-hybridized carbons (Fsp3) is 0.667. The Balaban J connectivity index is 4.00. The molecule has 7 heteroatoms. The number of likely N-dealkylation sites (N-methyl/N-ethyl adjacent to an activating group) is 1. The molecule has 0 aliphatic rings. The van der Waals surface area contributed by atoms with Crippen LogP contribution < -0.4 is 5.43 Å². The van der Waals surface area contributed by atoms with Gasteiger partial charge >= 0.3 is 12.1 Å². The van der Waals surface area contributed by atoms with E-state index >= 15 is 0 Å². The van der Waals surface area contributed by atoms with Gasteiger partial charge in [0.15, 0.2) is 0 Å². The van der Waals surface area contributed by atoms with Crippen LogP contribution in [0.2, 0.25) is 0 Å². The molecule has 0 aliphatic carbocycles. The minimum Gasteiger partial charge on any atom is -0.298 e. The van der Waals surface area contributed by atoms with Gasteiger partial charge in [0.25, 0.3) is 0 Å². The van der Waals surface area contributed by atoms with E-state index in [1.165, 1.54) is 19.4 Å². The van der Waals surface area contributed by atoms with Crippen molar-refractivity contribution in [2.24, 2.45) is 0 Å². The van der Waals surface area contributed by atoms with E-state index in [4.69, 9.17) is 0 Å². The Morgan fingerprint density at radius 1 is 1.38 bits per heavy atom. The Hall–Kier alpha value is -1.11. The maximum Gasteiger partial charge on any atom is 0.472 e. The maximum atomic E-state index is 11.6. The van der Waals surface area contributed by atoms with Crippen molar-refractivity contribution in [2.45, 2.75) is 13.1 Å². The predicted molar refractivity (Wildman–Crippen MR) is 37.5 cm³/mol. The predicted octanol–water partition coefficient (Wildman–Crippen LogP) is 0.101. The highest BCUT2D eigenvalue weighted by Crippen LogP contribution is 2.13. The summed E-state index contributed by atoms with van der Waals surface area (Å²) in [5.74, 6) is -2.43. The molecular weight excluding hydrogens is 189 g/mol. The van der Waals surface area contributed by atoms with E-state index < -0.39 is 12.1 Å². The number of carbonyl (C=O) groups is 2. The lowest BCUT2D eigenvalue weighted by molar-refractivity contribution is -0.178. The highest BCUT2D eigenvalue weighted by atomic mass is 19.4.